The largest absolute Gasteiger partial charge is 0.415 e. The number of fused-ring (bicyclic) bond motifs is 1. The number of likely N-dealkylation sites (N-methyl/N-ethyl adjacent to an activating group) is 1. The number of halogens is 3. The van der Waals surface area contributed by atoms with Crippen molar-refractivity contribution in [3.05, 3.63) is 76.6 Å². The third kappa shape index (κ3) is 4.76. The van der Waals surface area contributed by atoms with Gasteiger partial charge in [0.15, 0.2) is 0 Å². The van der Waals surface area contributed by atoms with Gasteiger partial charge < -0.3 is 20.1 Å². The molecule has 0 fully saturated rings. The standard InChI is InChI=1S/C22H23F3N6O/c1-30-7-6-13-8-14(2-4-16(13)10-30)19(26)12-31(27)11-17-5-3-15(9-18(17)23)21-28-29-22(32-21)20(24)25/h2-5,8-9,12,20H,6-7,10-11,26-27H2,1H3/b19-12-. The Hall–Kier alpha value is -3.37. The lowest BCUT2D eigenvalue weighted by atomic mass is 9.97. The number of rotatable bonds is 6. The first-order valence-electron chi connectivity index (χ1n) is 10.00. The average Bonchev–Trinajstić information content (AvgIpc) is 3.25. The highest BCUT2D eigenvalue weighted by Gasteiger charge is 2.18. The van der Waals surface area contributed by atoms with Crippen molar-refractivity contribution < 1.29 is 17.6 Å². The van der Waals surface area contributed by atoms with Gasteiger partial charge in [-0.25, -0.2) is 10.2 Å². The van der Waals surface area contributed by atoms with Crippen LogP contribution in [0.1, 0.15) is 34.6 Å². The lowest BCUT2D eigenvalue weighted by molar-refractivity contribution is 0.116. The van der Waals surface area contributed by atoms with E-state index in [-0.39, 0.29) is 18.0 Å². The Kier molecular flexibility index (Phi) is 6.15. The summed E-state index contributed by atoms with van der Waals surface area (Å²) in [5.41, 5.74) is 10.6. The summed E-state index contributed by atoms with van der Waals surface area (Å²) >= 11 is 0. The molecule has 2 aromatic carbocycles. The molecular weight excluding hydrogens is 421 g/mol. The quantitative estimate of drug-likeness (QED) is 0.444. The van der Waals surface area contributed by atoms with Crippen molar-refractivity contribution >= 4 is 5.70 Å². The molecular formula is C22H23F3N6O. The summed E-state index contributed by atoms with van der Waals surface area (Å²) in [5, 5.41) is 8.06. The normalized spacial score (nSPS) is 14.6. The number of hydrazine groups is 1. The molecule has 32 heavy (non-hydrogen) atoms. The van der Waals surface area contributed by atoms with Crippen molar-refractivity contribution in [2.24, 2.45) is 11.6 Å². The molecule has 2 heterocycles. The minimum absolute atomic E-state index is 0.0503. The number of alkyl halides is 2. The monoisotopic (exact) mass is 444 g/mol. The molecule has 3 aromatic rings. The van der Waals surface area contributed by atoms with Gasteiger partial charge in [-0.2, -0.15) is 8.78 Å². The predicted octanol–water partition coefficient (Wildman–Crippen LogP) is 3.43. The fourth-order valence-electron chi connectivity index (χ4n) is 3.62. The third-order valence-corrected chi connectivity index (χ3v) is 5.33. The highest BCUT2D eigenvalue weighted by atomic mass is 19.3. The van der Waals surface area contributed by atoms with Gasteiger partial charge in [-0.1, -0.05) is 18.2 Å². The lowest BCUT2D eigenvalue weighted by Crippen LogP contribution is -2.27. The van der Waals surface area contributed by atoms with Gasteiger partial charge in [-0.15, -0.1) is 10.2 Å². The van der Waals surface area contributed by atoms with Crippen molar-refractivity contribution in [2.45, 2.75) is 25.9 Å². The van der Waals surface area contributed by atoms with Crippen molar-refractivity contribution in [2.75, 3.05) is 13.6 Å². The second-order valence-electron chi connectivity index (χ2n) is 7.78. The van der Waals surface area contributed by atoms with Crippen molar-refractivity contribution in [3.63, 3.8) is 0 Å². The second kappa shape index (κ2) is 9.01. The SMILES string of the molecule is CN1CCc2cc(/C(N)=C/N(N)Cc3ccc(-c4nnc(C(F)F)o4)cc3F)ccc2C1. The summed E-state index contributed by atoms with van der Waals surface area (Å²) < 4.78 is 44.6. The molecule has 1 aliphatic rings. The van der Waals surface area contributed by atoms with Crippen LogP contribution in [0.4, 0.5) is 13.2 Å². The zero-order valence-corrected chi connectivity index (χ0v) is 17.4. The molecule has 0 saturated heterocycles. The maximum atomic E-state index is 14.6. The molecule has 4 N–H and O–H groups in total. The van der Waals surface area contributed by atoms with Crippen molar-refractivity contribution in [1.82, 2.24) is 20.1 Å². The van der Waals surface area contributed by atoms with E-state index in [0.717, 1.165) is 31.1 Å². The molecule has 10 heteroatoms. The van der Waals surface area contributed by atoms with Crippen molar-refractivity contribution in [3.8, 4) is 11.5 Å². The number of benzene rings is 2. The summed E-state index contributed by atoms with van der Waals surface area (Å²) in [6.45, 7) is 1.95. The predicted molar refractivity (Wildman–Crippen MR) is 113 cm³/mol. The van der Waals surface area contributed by atoms with Crippen LogP contribution in [0, 0.1) is 5.82 Å². The highest BCUT2D eigenvalue weighted by Crippen LogP contribution is 2.25. The van der Waals surface area contributed by atoms with Crippen LogP contribution < -0.4 is 11.6 Å². The van der Waals surface area contributed by atoms with Gasteiger partial charge >= 0.3 is 6.43 Å². The summed E-state index contributed by atoms with van der Waals surface area (Å²) in [4.78, 5) is 2.26. The molecule has 0 spiro atoms. The Morgan fingerprint density at radius 1 is 1.22 bits per heavy atom. The van der Waals surface area contributed by atoms with Gasteiger partial charge in [-0.05, 0) is 48.4 Å². The van der Waals surface area contributed by atoms with E-state index in [1.807, 2.05) is 6.07 Å². The summed E-state index contributed by atoms with van der Waals surface area (Å²) in [5.74, 6) is 4.46. The molecule has 1 aliphatic heterocycles. The van der Waals surface area contributed by atoms with Crippen LogP contribution in [0.3, 0.4) is 0 Å². The number of nitrogens with two attached hydrogens (primary N) is 2. The summed E-state index contributed by atoms with van der Waals surface area (Å²) in [7, 11) is 2.09. The first-order chi connectivity index (χ1) is 15.3. The van der Waals surface area contributed by atoms with Gasteiger partial charge in [-0.3, -0.25) is 0 Å². The van der Waals surface area contributed by atoms with E-state index in [2.05, 4.69) is 34.3 Å². The van der Waals surface area contributed by atoms with E-state index in [0.29, 0.717) is 11.3 Å². The molecule has 0 bridgehead atoms. The van der Waals surface area contributed by atoms with E-state index in [4.69, 9.17) is 16.0 Å². The van der Waals surface area contributed by atoms with Gasteiger partial charge in [0.05, 0.1) is 12.2 Å². The number of hydrogen-bond acceptors (Lipinski definition) is 7. The Balaban J connectivity index is 1.46. The minimum atomic E-state index is -2.89. The van der Waals surface area contributed by atoms with E-state index >= 15 is 0 Å². The first kappa shape index (κ1) is 21.8. The van der Waals surface area contributed by atoms with Crippen LogP contribution in [0.5, 0.6) is 0 Å². The number of nitrogens with zero attached hydrogens (tertiary/aromatic N) is 4. The van der Waals surface area contributed by atoms with Gasteiger partial charge in [0.2, 0.25) is 5.89 Å². The van der Waals surface area contributed by atoms with Crippen molar-refractivity contribution in [1.29, 1.82) is 0 Å². The van der Waals surface area contributed by atoms with E-state index in [1.54, 1.807) is 6.20 Å². The van der Waals surface area contributed by atoms with Gasteiger partial charge in [0.25, 0.3) is 5.89 Å². The Morgan fingerprint density at radius 3 is 2.75 bits per heavy atom. The second-order valence-corrected chi connectivity index (χ2v) is 7.78. The Labute approximate surface area is 183 Å². The summed E-state index contributed by atoms with van der Waals surface area (Å²) in [6.07, 6.45) is -0.382. The maximum Gasteiger partial charge on any atom is 0.314 e. The van der Waals surface area contributed by atoms with Gasteiger partial charge in [0, 0.05) is 30.4 Å². The molecule has 7 nitrogen and oxygen atoms in total. The molecule has 0 amide bonds. The number of hydrogen-bond donors (Lipinski definition) is 2. The minimum Gasteiger partial charge on any atom is -0.415 e. The Morgan fingerprint density at radius 2 is 2.03 bits per heavy atom. The zero-order valence-electron chi connectivity index (χ0n) is 17.4. The van der Waals surface area contributed by atoms with Crippen LogP contribution in [0.15, 0.2) is 47.0 Å². The van der Waals surface area contributed by atoms with E-state index in [9.17, 15) is 13.2 Å². The van der Waals surface area contributed by atoms with Crippen LogP contribution in [0.25, 0.3) is 17.2 Å². The van der Waals surface area contributed by atoms with Crippen LogP contribution in [-0.2, 0) is 19.5 Å². The van der Waals surface area contributed by atoms with Crippen LogP contribution >= 0.6 is 0 Å². The number of aromatic nitrogens is 2. The molecule has 0 unspecified atom stereocenters. The lowest BCUT2D eigenvalue weighted by Gasteiger charge is -2.25. The molecule has 0 radical (unpaired) electrons. The highest BCUT2D eigenvalue weighted by molar-refractivity contribution is 5.63. The van der Waals surface area contributed by atoms with Gasteiger partial charge in [0.1, 0.15) is 5.82 Å². The molecule has 0 saturated carbocycles. The Bertz CT molecular complexity index is 1150. The fraction of sp³-hybridized carbons (Fsp3) is 0.273. The molecule has 4 rings (SSSR count). The maximum absolute atomic E-state index is 14.6. The smallest absolute Gasteiger partial charge is 0.314 e. The van der Waals surface area contributed by atoms with Crippen LogP contribution in [0.2, 0.25) is 0 Å². The third-order valence-electron chi connectivity index (χ3n) is 5.33. The average molecular weight is 444 g/mol. The van der Waals surface area contributed by atoms with Crippen LogP contribution in [-0.4, -0.2) is 33.7 Å². The fourth-order valence-corrected chi connectivity index (χ4v) is 3.62. The van der Waals surface area contributed by atoms with E-state index < -0.39 is 18.1 Å². The molecule has 0 atom stereocenters. The molecule has 168 valence electrons. The molecule has 1 aromatic heterocycles. The topological polar surface area (TPSA) is 97.4 Å². The molecule has 0 aliphatic carbocycles. The summed E-state index contributed by atoms with van der Waals surface area (Å²) in [6, 6.07) is 10.2. The van der Waals surface area contributed by atoms with E-state index in [1.165, 1.54) is 28.3 Å². The first-order valence-corrected chi connectivity index (χ1v) is 10.00. The zero-order chi connectivity index (χ0) is 22.8.